The minimum absolute atomic E-state index is 0.301. The van der Waals surface area contributed by atoms with Crippen LogP contribution in [0.4, 0.5) is 0 Å². The van der Waals surface area contributed by atoms with Crippen LogP contribution in [0.2, 0.25) is 0 Å². The summed E-state index contributed by atoms with van der Waals surface area (Å²) in [4.78, 5) is 28.5. The van der Waals surface area contributed by atoms with E-state index < -0.39 is 0 Å². The van der Waals surface area contributed by atoms with Gasteiger partial charge in [-0.25, -0.2) is 15.2 Å². The lowest BCUT2D eigenvalue weighted by atomic mass is 10.1. The highest BCUT2D eigenvalue weighted by Gasteiger charge is 2.10. The van der Waals surface area contributed by atoms with Crippen molar-refractivity contribution in [2.75, 3.05) is 7.11 Å². The highest BCUT2D eigenvalue weighted by atomic mass is 16.5. The number of amides is 1. The third-order valence-corrected chi connectivity index (χ3v) is 5.56. The van der Waals surface area contributed by atoms with Gasteiger partial charge in [0.15, 0.2) is 0 Å². The second-order valence-electron chi connectivity index (χ2n) is 7.85. The maximum atomic E-state index is 12.5. The maximum Gasteiger partial charge on any atom is 0.337 e. The first-order chi connectivity index (χ1) is 17.0. The zero-order chi connectivity index (χ0) is 24.8. The normalized spacial score (nSPS) is 11.1. The fraction of sp³-hybridized carbons (Fsp3) is 0.185. The van der Waals surface area contributed by atoms with Gasteiger partial charge in [0.05, 0.1) is 29.9 Å². The van der Waals surface area contributed by atoms with Crippen LogP contribution >= 0.6 is 0 Å². The van der Waals surface area contributed by atoms with Gasteiger partial charge in [0.25, 0.3) is 5.91 Å². The first kappa shape index (κ1) is 23.7. The minimum atomic E-state index is -0.370. The van der Waals surface area contributed by atoms with Crippen LogP contribution in [0.5, 0.6) is 5.75 Å². The largest absolute Gasteiger partial charge is 0.489 e. The Bertz CT molecular complexity index is 1370. The molecule has 0 radical (unpaired) electrons. The number of ether oxygens (including phenoxy) is 2. The zero-order valence-corrected chi connectivity index (χ0v) is 19.8. The third kappa shape index (κ3) is 5.55. The Kier molecular flexibility index (Phi) is 7.21. The lowest BCUT2D eigenvalue weighted by molar-refractivity contribution is 0.0600. The molecule has 1 heterocycles. The molecule has 0 bridgehead atoms. The van der Waals surface area contributed by atoms with Gasteiger partial charge in [0, 0.05) is 12.1 Å². The Hall–Kier alpha value is -4.46. The number of hydrogen-bond acceptors (Lipinski definition) is 6. The van der Waals surface area contributed by atoms with E-state index >= 15 is 0 Å². The smallest absolute Gasteiger partial charge is 0.337 e. The number of hydrogen-bond donors (Lipinski definition) is 1. The Morgan fingerprint density at radius 2 is 1.74 bits per heavy atom. The molecule has 4 rings (SSSR count). The Morgan fingerprint density at radius 1 is 1.03 bits per heavy atom. The molecule has 1 aromatic heterocycles. The van der Waals surface area contributed by atoms with E-state index in [0.29, 0.717) is 23.5 Å². The van der Waals surface area contributed by atoms with Gasteiger partial charge in [-0.3, -0.25) is 4.79 Å². The topological polar surface area (TPSA) is 94.8 Å². The van der Waals surface area contributed by atoms with Gasteiger partial charge in [0.1, 0.15) is 18.2 Å². The van der Waals surface area contributed by atoms with Gasteiger partial charge >= 0.3 is 5.97 Å². The Morgan fingerprint density at radius 3 is 2.43 bits per heavy atom. The minimum Gasteiger partial charge on any atom is -0.489 e. The Labute approximate surface area is 203 Å². The van der Waals surface area contributed by atoms with Crippen molar-refractivity contribution in [2.45, 2.75) is 27.0 Å². The molecule has 0 aliphatic heterocycles. The van der Waals surface area contributed by atoms with Crippen molar-refractivity contribution < 1.29 is 19.1 Å². The quantitative estimate of drug-likeness (QED) is 0.233. The van der Waals surface area contributed by atoms with E-state index in [2.05, 4.69) is 27.0 Å². The summed E-state index contributed by atoms with van der Waals surface area (Å²) in [6, 6.07) is 19.8. The molecule has 178 valence electrons. The number of esters is 1. The van der Waals surface area contributed by atoms with Gasteiger partial charge in [-0.05, 0) is 79.6 Å². The number of methoxy groups -OCH3 is 1. The van der Waals surface area contributed by atoms with Crippen molar-refractivity contribution in [3.8, 4) is 5.75 Å². The highest BCUT2D eigenvalue weighted by molar-refractivity contribution is 5.98. The summed E-state index contributed by atoms with van der Waals surface area (Å²) in [7, 11) is 1.35. The summed E-state index contributed by atoms with van der Waals surface area (Å²) < 4.78 is 12.6. The molecule has 0 unspecified atom stereocenters. The number of rotatable bonds is 8. The monoisotopic (exact) mass is 470 g/mol. The van der Waals surface area contributed by atoms with E-state index in [1.54, 1.807) is 30.5 Å². The predicted molar refractivity (Wildman–Crippen MR) is 134 cm³/mol. The molecule has 0 atom stereocenters. The summed E-state index contributed by atoms with van der Waals surface area (Å²) in [5.74, 6) is 0.941. The van der Waals surface area contributed by atoms with Crippen molar-refractivity contribution in [3.63, 3.8) is 0 Å². The number of fused-ring (bicyclic) bond motifs is 1. The molecular weight excluding hydrogens is 444 g/mol. The molecule has 0 saturated carbocycles. The molecule has 0 fully saturated rings. The molecule has 35 heavy (non-hydrogen) atoms. The summed E-state index contributed by atoms with van der Waals surface area (Å²) in [5.41, 5.74) is 7.09. The lowest BCUT2D eigenvalue weighted by Gasteiger charge is -2.07. The summed E-state index contributed by atoms with van der Waals surface area (Å²) in [6.45, 7) is 5.21. The van der Waals surface area contributed by atoms with E-state index in [-0.39, 0.29) is 11.9 Å². The molecule has 0 aliphatic rings. The molecule has 0 spiro atoms. The fourth-order valence-corrected chi connectivity index (χ4v) is 3.69. The second kappa shape index (κ2) is 10.6. The Balaban J connectivity index is 1.31. The number of hydrazone groups is 1. The molecular formula is C27H26N4O4. The molecule has 1 N–H and O–H groups in total. The van der Waals surface area contributed by atoms with Crippen LogP contribution in [0.1, 0.15) is 44.6 Å². The first-order valence-corrected chi connectivity index (χ1v) is 11.2. The van der Waals surface area contributed by atoms with Crippen LogP contribution in [0.3, 0.4) is 0 Å². The SMILES string of the molecule is CCn1c(C)nc2cc(C(=O)N/N=C/c3ccc(OCc4ccc(C(=O)OC)cc4)cc3)ccc21. The number of aromatic nitrogens is 2. The van der Waals surface area contributed by atoms with Crippen LogP contribution in [0, 0.1) is 6.92 Å². The van der Waals surface area contributed by atoms with E-state index in [1.807, 2.05) is 49.4 Å². The average Bonchev–Trinajstić information content (AvgIpc) is 3.21. The van der Waals surface area contributed by atoms with E-state index in [9.17, 15) is 9.59 Å². The molecule has 0 aliphatic carbocycles. The number of aryl methyl sites for hydroxylation is 2. The molecule has 1 amide bonds. The van der Waals surface area contributed by atoms with E-state index in [4.69, 9.17) is 9.47 Å². The highest BCUT2D eigenvalue weighted by Crippen LogP contribution is 2.18. The van der Waals surface area contributed by atoms with Crippen LogP contribution in [0.15, 0.2) is 71.8 Å². The maximum absolute atomic E-state index is 12.5. The van der Waals surface area contributed by atoms with Gasteiger partial charge in [0.2, 0.25) is 0 Å². The van der Waals surface area contributed by atoms with Crippen LogP contribution in [-0.4, -0.2) is 34.8 Å². The molecule has 0 saturated heterocycles. The van der Waals surface area contributed by atoms with Gasteiger partial charge in [-0.1, -0.05) is 12.1 Å². The fourth-order valence-electron chi connectivity index (χ4n) is 3.69. The standard InChI is InChI=1S/C27H26N4O4/c1-4-31-18(2)29-24-15-22(11-14-25(24)31)26(32)30-28-16-19-7-12-23(13-8-19)35-17-20-5-9-21(10-6-20)27(33)34-3/h5-16H,4,17H2,1-3H3,(H,30,32)/b28-16+. The number of carbonyl (C=O) groups is 2. The average molecular weight is 471 g/mol. The van der Waals surface area contributed by atoms with Crippen molar-refractivity contribution in [1.82, 2.24) is 15.0 Å². The van der Waals surface area contributed by atoms with Crippen molar-refractivity contribution in [3.05, 3.63) is 94.8 Å². The molecule has 8 heteroatoms. The second-order valence-corrected chi connectivity index (χ2v) is 7.85. The van der Waals surface area contributed by atoms with E-state index in [0.717, 1.165) is 34.5 Å². The van der Waals surface area contributed by atoms with Crippen LogP contribution in [0.25, 0.3) is 11.0 Å². The molecule has 4 aromatic rings. The molecule has 3 aromatic carbocycles. The van der Waals surface area contributed by atoms with Crippen molar-refractivity contribution in [2.24, 2.45) is 5.10 Å². The van der Waals surface area contributed by atoms with Gasteiger partial charge in [-0.2, -0.15) is 5.10 Å². The predicted octanol–water partition coefficient (Wildman–Crippen LogP) is 4.49. The number of nitrogens with zero attached hydrogens (tertiary/aromatic N) is 3. The summed E-state index contributed by atoms with van der Waals surface area (Å²) in [6.07, 6.45) is 1.57. The molecule has 8 nitrogen and oxygen atoms in total. The third-order valence-electron chi connectivity index (χ3n) is 5.56. The number of benzene rings is 3. The number of carbonyl (C=O) groups excluding carboxylic acids is 2. The van der Waals surface area contributed by atoms with E-state index in [1.165, 1.54) is 7.11 Å². The summed E-state index contributed by atoms with van der Waals surface area (Å²) >= 11 is 0. The number of imidazole rings is 1. The summed E-state index contributed by atoms with van der Waals surface area (Å²) in [5, 5.41) is 4.06. The van der Waals surface area contributed by atoms with Crippen LogP contribution in [-0.2, 0) is 17.9 Å². The van der Waals surface area contributed by atoms with Gasteiger partial charge < -0.3 is 14.0 Å². The van der Waals surface area contributed by atoms with Gasteiger partial charge in [-0.15, -0.1) is 0 Å². The lowest BCUT2D eigenvalue weighted by Crippen LogP contribution is -2.17. The van der Waals surface area contributed by atoms with Crippen LogP contribution < -0.4 is 10.2 Å². The zero-order valence-electron chi connectivity index (χ0n) is 19.8. The van der Waals surface area contributed by atoms with Crippen molar-refractivity contribution in [1.29, 1.82) is 0 Å². The first-order valence-electron chi connectivity index (χ1n) is 11.2. The van der Waals surface area contributed by atoms with Crippen molar-refractivity contribution >= 4 is 29.1 Å². The number of nitrogens with one attached hydrogen (secondary N) is 1.